The van der Waals surface area contributed by atoms with Gasteiger partial charge in [0.2, 0.25) is 0 Å². The van der Waals surface area contributed by atoms with E-state index < -0.39 is 0 Å². The monoisotopic (exact) mass is 364 g/mol. The van der Waals surface area contributed by atoms with E-state index in [0.29, 0.717) is 13.2 Å². The topological polar surface area (TPSA) is 55.6 Å². The van der Waals surface area contributed by atoms with Gasteiger partial charge in [-0.15, -0.1) is 11.3 Å². The smallest absolute Gasteiger partial charge is 0.182 e. The Bertz CT molecular complexity index is 960. The second kappa shape index (κ2) is 7.32. The van der Waals surface area contributed by atoms with Crippen LogP contribution in [0.5, 0.6) is 0 Å². The summed E-state index contributed by atoms with van der Waals surface area (Å²) in [5.41, 5.74) is 9.85. The summed E-state index contributed by atoms with van der Waals surface area (Å²) in [6.07, 6.45) is 0. The molecular formula is C21H20N2O2S. The van der Waals surface area contributed by atoms with E-state index in [1.807, 2.05) is 30.3 Å². The molecule has 0 aliphatic carbocycles. The fourth-order valence-corrected chi connectivity index (χ4v) is 4.21. The van der Waals surface area contributed by atoms with Crippen LogP contribution in [0.25, 0.3) is 21.6 Å². The highest BCUT2D eigenvalue weighted by atomic mass is 32.1. The molecule has 0 spiro atoms. The quantitative estimate of drug-likeness (QED) is 0.717. The number of nitrogen functional groups attached to an aromatic ring is 1. The van der Waals surface area contributed by atoms with Crippen LogP contribution in [-0.2, 0) is 4.74 Å². The molecular weight excluding hydrogens is 344 g/mol. The number of anilines is 2. The highest BCUT2D eigenvalue weighted by molar-refractivity contribution is 7.19. The molecule has 1 aliphatic heterocycles. The second-order valence-electron chi connectivity index (χ2n) is 6.30. The third-order valence-corrected chi connectivity index (χ3v) is 5.63. The number of benzene rings is 2. The van der Waals surface area contributed by atoms with Crippen molar-refractivity contribution in [2.75, 3.05) is 36.9 Å². The van der Waals surface area contributed by atoms with E-state index >= 15 is 0 Å². The molecule has 26 heavy (non-hydrogen) atoms. The van der Waals surface area contributed by atoms with Crippen LogP contribution >= 0.6 is 11.3 Å². The van der Waals surface area contributed by atoms with Gasteiger partial charge in [0.15, 0.2) is 5.43 Å². The normalized spacial score (nSPS) is 14.4. The SMILES string of the molecule is Nc1ccc(-c2cccc(-c3cc(=O)cc(N4CCOCC4)s3)c2)cc1. The molecule has 1 aromatic heterocycles. The molecule has 1 saturated heterocycles. The number of hydrogen-bond donors (Lipinski definition) is 1. The summed E-state index contributed by atoms with van der Waals surface area (Å²) in [5, 5.41) is 1.01. The van der Waals surface area contributed by atoms with Crippen molar-refractivity contribution in [3.05, 3.63) is 70.9 Å². The molecule has 3 aromatic rings. The predicted molar refractivity (Wildman–Crippen MR) is 109 cm³/mol. The molecule has 132 valence electrons. The fourth-order valence-electron chi connectivity index (χ4n) is 3.07. The van der Waals surface area contributed by atoms with Crippen molar-refractivity contribution in [2.45, 2.75) is 0 Å². The molecule has 0 saturated carbocycles. The Morgan fingerprint density at radius 1 is 0.885 bits per heavy atom. The predicted octanol–water partition coefficient (Wildman–Crippen LogP) is 3.86. The highest BCUT2D eigenvalue weighted by Crippen LogP contribution is 2.32. The van der Waals surface area contributed by atoms with Gasteiger partial charge in [0.05, 0.1) is 18.2 Å². The van der Waals surface area contributed by atoms with Crippen LogP contribution in [0.3, 0.4) is 0 Å². The second-order valence-corrected chi connectivity index (χ2v) is 7.36. The fraction of sp³-hybridized carbons (Fsp3) is 0.190. The summed E-state index contributed by atoms with van der Waals surface area (Å²) in [6.45, 7) is 3.06. The maximum absolute atomic E-state index is 12.3. The Labute approximate surface area is 156 Å². The summed E-state index contributed by atoms with van der Waals surface area (Å²) in [6, 6.07) is 19.6. The van der Waals surface area contributed by atoms with E-state index in [1.165, 1.54) is 0 Å². The molecule has 0 bridgehead atoms. The van der Waals surface area contributed by atoms with E-state index in [9.17, 15) is 4.79 Å². The van der Waals surface area contributed by atoms with Crippen molar-refractivity contribution < 1.29 is 4.74 Å². The Morgan fingerprint density at radius 3 is 2.38 bits per heavy atom. The lowest BCUT2D eigenvalue weighted by Crippen LogP contribution is -2.36. The van der Waals surface area contributed by atoms with Crippen LogP contribution in [0.15, 0.2) is 65.5 Å². The number of morpholine rings is 1. The molecule has 5 heteroatoms. The average molecular weight is 364 g/mol. The van der Waals surface area contributed by atoms with Gasteiger partial charge in [0.25, 0.3) is 0 Å². The number of nitrogens with two attached hydrogens (primary N) is 1. The maximum Gasteiger partial charge on any atom is 0.182 e. The summed E-state index contributed by atoms with van der Waals surface area (Å²) in [5.74, 6) is 0. The Balaban J connectivity index is 1.71. The van der Waals surface area contributed by atoms with Crippen LogP contribution < -0.4 is 16.1 Å². The van der Waals surface area contributed by atoms with Gasteiger partial charge in [0.1, 0.15) is 0 Å². The summed E-state index contributed by atoms with van der Waals surface area (Å²) >= 11 is 1.65. The van der Waals surface area contributed by atoms with Gasteiger partial charge < -0.3 is 15.4 Å². The van der Waals surface area contributed by atoms with Crippen LogP contribution in [0.2, 0.25) is 0 Å². The first-order valence-corrected chi connectivity index (χ1v) is 9.45. The van der Waals surface area contributed by atoms with Gasteiger partial charge in [0, 0.05) is 35.8 Å². The molecule has 0 atom stereocenters. The average Bonchev–Trinajstić information content (AvgIpc) is 2.69. The highest BCUT2D eigenvalue weighted by Gasteiger charge is 2.14. The third kappa shape index (κ3) is 3.64. The minimum Gasteiger partial charge on any atom is -0.399 e. The van der Waals surface area contributed by atoms with Crippen molar-refractivity contribution >= 4 is 22.0 Å². The lowest BCUT2D eigenvalue weighted by molar-refractivity contribution is 0.123. The van der Waals surface area contributed by atoms with Crippen LogP contribution in [0.1, 0.15) is 0 Å². The van der Waals surface area contributed by atoms with Crippen molar-refractivity contribution in [1.82, 2.24) is 0 Å². The maximum atomic E-state index is 12.3. The first-order chi connectivity index (χ1) is 12.7. The van der Waals surface area contributed by atoms with E-state index in [1.54, 1.807) is 23.5 Å². The minimum atomic E-state index is 0.0399. The molecule has 2 heterocycles. The van der Waals surface area contributed by atoms with Gasteiger partial charge >= 0.3 is 0 Å². The molecule has 2 N–H and O–H groups in total. The molecule has 1 fully saturated rings. The van der Waals surface area contributed by atoms with Crippen LogP contribution in [0, 0.1) is 0 Å². The largest absolute Gasteiger partial charge is 0.399 e. The third-order valence-electron chi connectivity index (χ3n) is 4.47. The zero-order chi connectivity index (χ0) is 17.9. The van der Waals surface area contributed by atoms with Gasteiger partial charge in [-0.3, -0.25) is 4.79 Å². The molecule has 4 nitrogen and oxygen atoms in total. The molecule has 0 unspecified atom stereocenters. The molecule has 0 amide bonds. The van der Waals surface area contributed by atoms with Crippen molar-refractivity contribution in [1.29, 1.82) is 0 Å². The lowest BCUT2D eigenvalue weighted by Gasteiger charge is -2.28. The van der Waals surface area contributed by atoms with Crippen molar-refractivity contribution in [3.8, 4) is 21.6 Å². The standard InChI is InChI=1S/C21H20N2O2S/c22-18-6-4-15(5-7-18)16-2-1-3-17(12-16)20-13-19(24)14-21(26-20)23-8-10-25-11-9-23/h1-7,12-14H,8-11,22H2. The number of nitrogens with zero attached hydrogens (tertiary/aromatic N) is 1. The molecule has 2 aromatic carbocycles. The Hall–Kier alpha value is -2.63. The van der Waals surface area contributed by atoms with Gasteiger partial charge in [-0.25, -0.2) is 0 Å². The summed E-state index contributed by atoms with van der Waals surface area (Å²) < 4.78 is 5.42. The summed E-state index contributed by atoms with van der Waals surface area (Å²) in [4.78, 5) is 15.5. The van der Waals surface area contributed by atoms with Gasteiger partial charge in [-0.1, -0.05) is 30.3 Å². The molecule has 1 aliphatic rings. The van der Waals surface area contributed by atoms with Crippen LogP contribution in [0.4, 0.5) is 10.7 Å². The Kier molecular flexibility index (Phi) is 4.73. The van der Waals surface area contributed by atoms with Crippen LogP contribution in [-0.4, -0.2) is 26.3 Å². The number of ether oxygens (including phenoxy) is 1. The first-order valence-electron chi connectivity index (χ1n) is 8.63. The van der Waals surface area contributed by atoms with E-state index in [2.05, 4.69) is 23.1 Å². The number of hydrogen-bond acceptors (Lipinski definition) is 5. The lowest BCUT2D eigenvalue weighted by atomic mass is 10.0. The summed E-state index contributed by atoms with van der Waals surface area (Å²) in [7, 11) is 0. The molecule has 4 rings (SSSR count). The van der Waals surface area contributed by atoms with Crippen molar-refractivity contribution in [2.24, 2.45) is 0 Å². The van der Waals surface area contributed by atoms with Gasteiger partial charge in [-0.2, -0.15) is 0 Å². The zero-order valence-corrected chi connectivity index (χ0v) is 15.2. The first kappa shape index (κ1) is 16.8. The zero-order valence-electron chi connectivity index (χ0n) is 14.4. The Morgan fingerprint density at radius 2 is 1.62 bits per heavy atom. The minimum absolute atomic E-state index is 0.0399. The van der Waals surface area contributed by atoms with E-state index in [0.717, 1.165) is 45.3 Å². The van der Waals surface area contributed by atoms with E-state index in [-0.39, 0.29) is 5.43 Å². The number of rotatable bonds is 3. The molecule has 0 radical (unpaired) electrons. The van der Waals surface area contributed by atoms with Gasteiger partial charge in [-0.05, 0) is 34.9 Å². The van der Waals surface area contributed by atoms with E-state index in [4.69, 9.17) is 10.5 Å². The van der Waals surface area contributed by atoms with Crippen molar-refractivity contribution in [3.63, 3.8) is 0 Å².